The Hall–Kier alpha value is -3.07. The van der Waals surface area contributed by atoms with Gasteiger partial charge in [-0.2, -0.15) is 13.2 Å². The van der Waals surface area contributed by atoms with E-state index < -0.39 is 23.7 Å². The van der Waals surface area contributed by atoms with Crippen LogP contribution in [-0.2, 0) is 6.18 Å². The van der Waals surface area contributed by atoms with Crippen LogP contribution in [0.1, 0.15) is 57.2 Å². The molecule has 1 aliphatic carbocycles. The third-order valence-electron chi connectivity index (χ3n) is 5.09. The maximum Gasteiger partial charge on any atom is 0.416 e. The first-order valence-electron chi connectivity index (χ1n) is 9.68. The van der Waals surface area contributed by atoms with Crippen molar-refractivity contribution in [1.82, 2.24) is 4.90 Å². The Kier molecular flexibility index (Phi) is 5.62. The molecule has 1 fully saturated rings. The molecule has 0 spiro atoms. The number of amides is 2. The molecule has 1 N–H and O–H groups in total. The molecule has 2 heterocycles. The van der Waals surface area contributed by atoms with Crippen molar-refractivity contribution < 1.29 is 27.2 Å². The van der Waals surface area contributed by atoms with Crippen LogP contribution in [0, 0.1) is 0 Å². The number of hydrogen-bond donors (Lipinski definition) is 1. The predicted octanol–water partition coefficient (Wildman–Crippen LogP) is 5.98. The number of halogens is 3. The first-order chi connectivity index (χ1) is 14.7. The van der Waals surface area contributed by atoms with Gasteiger partial charge in [0.2, 0.25) is 0 Å². The van der Waals surface area contributed by atoms with Crippen molar-refractivity contribution in [3.8, 4) is 0 Å². The first kappa shape index (κ1) is 21.2. The van der Waals surface area contributed by atoms with Gasteiger partial charge in [0.25, 0.3) is 11.8 Å². The van der Waals surface area contributed by atoms with E-state index in [9.17, 15) is 22.8 Å². The van der Waals surface area contributed by atoms with E-state index in [2.05, 4.69) is 5.32 Å². The summed E-state index contributed by atoms with van der Waals surface area (Å²) >= 11 is 1.12. The maximum absolute atomic E-state index is 13.2. The highest BCUT2D eigenvalue weighted by Crippen LogP contribution is 2.38. The van der Waals surface area contributed by atoms with E-state index in [4.69, 9.17) is 4.42 Å². The number of benzene rings is 1. The smallest absolute Gasteiger partial charge is 0.416 e. The molecule has 0 bridgehead atoms. The predicted molar refractivity (Wildman–Crippen MR) is 110 cm³/mol. The molecule has 162 valence electrons. The molecule has 31 heavy (non-hydrogen) atoms. The van der Waals surface area contributed by atoms with E-state index in [1.807, 2.05) is 0 Å². The second-order valence-electron chi connectivity index (χ2n) is 7.34. The molecule has 2 amide bonds. The average molecular weight is 448 g/mol. The number of anilines is 1. The number of nitrogens with zero attached hydrogens (tertiary/aromatic N) is 1. The summed E-state index contributed by atoms with van der Waals surface area (Å²) in [6.45, 7) is 1.74. The number of rotatable bonds is 6. The van der Waals surface area contributed by atoms with Gasteiger partial charge in [-0.3, -0.25) is 9.59 Å². The molecule has 5 nitrogen and oxygen atoms in total. The summed E-state index contributed by atoms with van der Waals surface area (Å²) in [4.78, 5) is 27.4. The van der Waals surface area contributed by atoms with Crippen LogP contribution in [0.5, 0.6) is 0 Å². The van der Waals surface area contributed by atoms with Gasteiger partial charge in [-0.25, -0.2) is 0 Å². The number of hydrogen-bond acceptors (Lipinski definition) is 4. The second kappa shape index (κ2) is 8.22. The minimum atomic E-state index is -4.45. The van der Waals surface area contributed by atoms with Gasteiger partial charge in [0, 0.05) is 6.04 Å². The van der Waals surface area contributed by atoms with E-state index in [1.54, 1.807) is 36.1 Å². The lowest BCUT2D eigenvalue weighted by atomic mass is 10.0. The largest absolute Gasteiger partial charge is 0.459 e. The van der Waals surface area contributed by atoms with Crippen LogP contribution >= 0.6 is 11.3 Å². The summed E-state index contributed by atoms with van der Waals surface area (Å²) in [5, 5.41) is 3.16. The monoisotopic (exact) mass is 448 g/mol. The van der Waals surface area contributed by atoms with Crippen LogP contribution in [0.4, 0.5) is 18.2 Å². The number of thiophene rings is 1. The Morgan fingerprint density at radius 1 is 1.16 bits per heavy atom. The van der Waals surface area contributed by atoms with Gasteiger partial charge < -0.3 is 14.6 Å². The zero-order valence-corrected chi connectivity index (χ0v) is 17.3. The summed E-state index contributed by atoms with van der Waals surface area (Å²) in [6.07, 6.45) is -1.44. The molecule has 1 atom stereocenters. The topological polar surface area (TPSA) is 62.6 Å². The third kappa shape index (κ3) is 4.66. The Labute approximate surface area is 180 Å². The zero-order chi connectivity index (χ0) is 22.2. The quantitative estimate of drug-likeness (QED) is 0.505. The number of carbonyl (C=O) groups excluding carboxylic acids is 2. The highest BCUT2D eigenvalue weighted by molar-refractivity contribution is 7.18. The molecule has 0 saturated heterocycles. The number of furan rings is 1. The van der Waals surface area contributed by atoms with Crippen LogP contribution in [0.2, 0.25) is 0 Å². The molecule has 4 rings (SSSR count). The van der Waals surface area contributed by atoms with Crippen molar-refractivity contribution in [2.24, 2.45) is 0 Å². The number of alkyl halides is 3. The molecular formula is C22H19F3N2O3S. The Morgan fingerprint density at radius 2 is 1.94 bits per heavy atom. The third-order valence-corrected chi connectivity index (χ3v) is 6.08. The molecule has 1 aliphatic rings. The lowest BCUT2D eigenvalue weighted by Crippen LogP contribution is -2.35. The van der Waals surface area contributed by atoms with Crippen LogP contribution in [0.15, 0.2) is 59.2 Å². The Balaban J connectivity index is 1.53. The number of carbonyl (C=O) groups is 2. The minimum Gasteiger partial charge on any atom is -0.459 e. The van der Waals surface area contributed by atoms with Gasteiger partial charge in [-0.1, -0.05) is 12.1 Å². The summed E-state index contributed by atoms with van der Waals surface area (Å²) in [5.74, 6) is -0.544. The molecule has 1 aromatic carbocycles. The standard InChI is InChI=1S/C22H19F3N2O3S/c1-13(14-4-2-5-15(12-14)22(23,24)25)27(16-7-8-16)21(29)18-9-10-19(31-18)26-20(28)17-6-3-11-30-17/h2-6,9-13,16H,7-8H2,1H3,(H,26,28). The van der Waals surface area contributed by atoms with Gasteiger partial charge in [0.1, 0.15) is 0 Å². The highest BCUT2D eigenvalue weighted by atomic mass is 32.1. The van der Waals surface area contributed by atoms with Crippen molar-refractivity contribution >= 4 is 28.2 Å². The molecular weight excluding hydrogens is 429 g/mol. The fourth-order valence-corrected chi connectivity index (χ4v) is 4.22. The highest BCUT2D eigenvalue weighted by Gasteiger charge is 2.38. The summed E-state index contributed by atoms with van der Waals surface area (Å²) < 4.78 is 44.4. The van der Waals surface area contributed by atoms with Crippen LogP contribution in [0.3, 0.4) is 0 Å². The van der Waals surface area contributed by atoms with Crippen LogP contribution in [0.25, 0.3) is 0 Å². The van der Waals surface area contributed by atoms with Gasteiger partial charge in [-0.05, 0) is 61.7 Å². The van der Waals surface area contributed by atoms with Gasteiger partial charge in [0.15, 0.2) is 5.76 Å². The van der Waals surface area contributed by atoms with Crippen LogP contribution in [-0.4, -0.2) is 22.8 Å². The summed E-state index contributed by atoms with van der Waals surface area (Å²) in [5.41, 5.74) is -0.308. The van der Waals surface area contributed by atoms with Gasteiger partial charge in [0.05, 0.1) is 27.7 Å². The van der Waals surface area contributed by atoms with Crippen molar-refractivity contribution in [3.63, 3.8) is 0 Å². The summed E-state index contributed by atoms with van der Waals surface area (Å²) in [7, 11) is 0. The van der Waals surface area contributed by atoms with Gasteiger partial charge in [-0.15, -0.1) is 11.3 Å². The lowest BCUT2D eigenvalue weighted by molar-refractivity contribution is -0.137. The lowest BCUT2D eigenvalue weighted by Gasteiger charge is -2.29. The average Bonchev–Trinajstić information content (AvgIpc) is 3.21. The van der Waals surface area contributed by atoms with E-state index in [-0.39, 0.29) is 17.7 Å². The van der Waals surface area contributed by atoms with E-state index >= 15 is 0 Å². The first-order valence-corrected chi connectivity index (χ1v) is 10.5. The second-order valence-corrected chi connectivity index (χ2v) is 8.42. The molecule has 1 saturated carbocycles. The SMILES string of the molecule is CC(c1cccc(C(F)(F)F)c1)N(C(=O)c1ccc(NC(=O)c2ccco2)s1)C1CC1. The van der Waals surface area contributed by atoms with E-state index in [0.717, 1.165) is 36.3 Å². The zero-order valence-electron chi connectivity index (χ0n) is 16.5. The van der Waals surface area contributed by atoms with Crippen molar-refractivity contribution in [3.05, 3.63) is 76.6 Å². The molecule has 3 aromatic rings. The normalized spacial score (nSPS) is 14.8. The summed E-state index contributed by atoms with van der Waals surface area (Å²) in [6, 6.07) is 10.9. The fraction of sp³-hybridized carbons (Fsp3) is 0.273. The van der Waals surface area contributed by atoms with E-state index in [0.29, 0.717) is 15.4 Å². The van der Waals surface area contributed by atoms with Crippen LogP contribution < -0.4 is 5.32 Å². The molecule has 1 unspecified atom stereocenters. The molecule has 0 radical (unpaired) electrons. The van der Waals surface area contributed by atoms with Gasteiger partial charge >= 0.3 is 6.18 Å². The fourth-order valence-electron chi connectivity index (χ4n) is 3.37. The Morgan fingerprint density at radius 3 is 2.58 bits per heavy atom. The minimum absolute atomic E-state index is 0.0136. The molecule has 0 aliphatic heterocycles. The van der Waals surface area contributed by atoms with Crippen molar-refractivity contribution in [2.75, 3.05) is 5.32 Å². The van der Waals surface area contributed by atoms with E-state index in [1.165, 1.54) is 18.4 Å². The molecule has 9 heteroatoms. The van der Waals surface area contributed by atoms with Crippen molar-refractivity contribution in [2.45, 2.75) is 38.0 Å². The Bertz CT molecular complexity index is 1090. The van der Waals surface area contributed by atoms with Crippen molar-refractivity contribution in [1.29, 1.82) is 0 Å². The molecule has 2 aromatic heterocycles. The maximum atomic E-state index is 13.2. The number of nitrogens with one attached hydrogen (secondary N) is 1.